The highest BCUT2D eigenvalue weighted by atomic mass is 32.2. The summed E-state index contributed by atoms with van der Waals surface area (Å²) in [6, 6.07) is 5.58. The van der Waals surface area contributed by atoms with Gasteiger partial charge in [0.2, 0.25) is 0 Å². The average molecular weight is 252 g/mol. The maximum Gasteiger partial charge on any atom is 0.173 e. The van der Waals surface area contributed by atoms with Crippen LogP contribution in [-0.4, -0.2) is 23.4 Å². The van der Waals surface area contributed by atoms with Gasteiger partial charge in [0, 0.05) is 10.3 Å². The normalized spacial score (nSPS) is 11.4. The number of carbonyl (C=O) groups excluding carboxylic acids is 1. The number of carbonyl (C=O) groups is 1. The lowest BCUT2D eigenvalue weighted by molar-refractivity contribution is 0.102. The van der Waals surface area contributed by atoms with Crippen LogP contribution in [0.5, 0.6) is 5.75 Å². The third-order valence-electron chi connectivity index (χ3n) is 2.37. The van der Waals surface area contributed by atoms with Crippen molar-refractivity contribution in [2.45, 2.75) is 32.4 Å². The van der Waals surface area contributed by atoms with Crippen molar-refractivity contribution in [3.8, 4) is 5.75 Å². The van der Waals surface area contributed by atoms with Gasteiger partial charge in [-0.2, -0.15) is 0 Å². The molecule has 0 saturated heterocycles. The maximum atomic E-state index is 12.1. The first kappa shape index (κ1) is 14.1. The second-order valence-corrected chi connectivity index (χ2v) is 6.81. The summed E-state index contributed by atoms with van der Waals surface area (Å²) < 4.78 is 5.25. The highest BCUT2D eigenvalue weighted by Crippen LogP contribution is 2.25. The number of methoxy groups -OCH3 is 1. The second-order valence-electron chi connectivity index (χ2n) is 5.01. The number of ketones is 1. The zero-order chi connectivity index (χ0) is 13.1. The molecular formula is C14H20O2S. The molecule has 0 bridgehead atoms. The lowest BCUT2D eigenvalue weighted by Crippen LogP contribution is -2.13. The van der Waals surface area contributed by atoms with Crippen molar-refractivity contribution < 1.29 is 9.53 Å². The topological polar surface area (TPSA) is 26.3 Å². The maximum absolute atomic E-state index is 12.1. The minimum Gasteiger partial charge on any atom is -0.497 e. The molecule has 0 radical (unpaired) electrons. The van der Waals surface area contributed by atoms with Gasteiger partial charge in [0.25, 0.3) is 0 Å². The van der Waals surface area contributed by atoms with Crippen LogP contribution in [0, 0.1) is 6.92 Å². The van der Waals surface area contributed by atoms with Crippen molar-refractivity contribution in [3.63, 3.8) is 0 Å². The molecule has 94 valence electrons. The van der Waals surface area contributed by atoms with Crippen LogP contribution in [-0.2, 0) is 0 Å². The molecule has 0 aromatic heterocycles. The van der Waals surface area contributed by atoms with Gasteiger partial charge in [-0.25, -0.2) is 0 Å². The van der Waals surface area contributed by atoms with Gasteiger partial charge < -0.3 is 4.74 Å². The Kier molecular flexibility index (Phi) is 4.63. The summed E-state index contributed by atoms with van der Waals surface area (Å²) >= 11 is 1.67. The summed E-state index contributed by atoms with van der Waals surface area (Å²) in [5.41, 5.74) is 1.77. The van der Waals surface area contributed by atoms with E-state index in [0.717, 1.165) is 16.9 Å². The zero-order valence-corrected chi connectivity index (χ0v) is 12.0. The predicted molar refractivity (Wildman–Crippen MR) is 74.3 cm³/mol. The number of ether oxygens (including phenoxy) is 1. The molecule has 0 heterocycles. The van der Waals surface area contributed by atoms with Crippen molar-refractivity contribution in [1.29, 1.82) is 0 Å². The highest BCUT2D eigenvalue weighted by Gasteiger charge is 2.15. The molecule has 0 N–H and O–H groups in total. The number of hydrogen-bond acceptors (Lipinski definition) is 3. The number of rotatable bonds is 4. The van der Waals surface area contributed by atoms with E-state index in [1.54, 1.807) is 18.9 Å². The lowest BCUT2D eigenvalue weighted by atomic mass is 10.1. The second kappa shape index (κ2) is 5.58. The Morgan fingerprint density at radius 2 is 2.00 bits per heavy atom. The van der Waals surface area contributed by atoms with Crippen molar-refractivity contribution in [2.75, 3.05) is 12.9 Å². The van der Waals surface area contributed by atoms with E-state index in [0.29, 0.717) is 5.75 Å². The van der Waals surface area contributed by atoms with Gasteiger partial charge in [0.05, 0.1) is 12.9 Å². The molecule has 1 rings (SSSR count). The third-order valence-corrected chi connectivity index (χ3v) is 3.64. The van der Waals surface area contributed by atoms with Crippen molar-refractivity contribution >= 4 is 17.5 Å². The van der Waals surface area contributed by atoms with Gasteiger partial charge in [-0.1, -0.05) is 20.8 Å². The molecular weight excluding hydrogens is 232 g/mol. The number of hydrogen-bond donors (Lipinski definition) is 0. The lowest BCUT2D eigenvalue weighted by Gasteiger charge is -2.17. The number of Topliss-reactive ketones (excluding diaryl/α,β-unsaturated/α-hetero) is 1. The van der Waals surface area contributed by atoms with E-state index in [-0.39, 0.29) is 10.5 Å². The molecule has 0 aliphatic heterocycles. The molecule has 17 heavy (non-hydrogen) atoms. The van der Waals surface area contributed by atoms with Crippen LogP contribution in [0.25, 0.3) is 0 Å². The van der Waals surface area contributed by atoms with E-state index >= 15 is 0 Å². The Bertz CT molecular complexity index is 405. The van der Waals surface area contributed by atoms with Crippen LogP contribution in [0.3, 0.4) is 0 Å². The summed E-state index contributed by atoms with van der Waals surface area (Å²) in [4.78, 5) is 12.1. The predicted octanol–water partition coefficient (Wildman–Crippen LogP) is 3.72. The summed E-state index contributed by atoms with van der Waals surface area (Å²) in [7, 11) is 1.63. The van der Waals surface area contributed by atoms with Crippen LogP contribution >= 0.6 is 11.8 Å². The molecule has 0 saturated carbocycles. The molecule has 3 heteroatoms. The first-order valence-electron chi connectivity index (χ1n) is 5.65. The molecule has 0 aliphatic rings. The minimum atomic E-state index is 0.121. The van der Waals surface area contributed by atoms with E-state index in [1.165, 1.54) is 0 Å². The van der Waals surface area contributed by atoms with Gasteiger partial charge >= 0.3 is 0 Å². The smallest absolute Gasteiger partial charge is 0.173 e. The summed E-state index contributed by atoms with van der Waals surface area (Å²) in [5, 5.41) is 0. The van der Waals surface area contributed by atoms with E-state index in [9.17, 15) is 4.79 Å². The molecule has 0 unspecified atom stereocenters. The summed E-state index contributed by atoms with van der Waals surface area (Å²) in [6.07, 6.45) is 0. The molecule has 1 aromatic rings. The molecule has 0 amide bonds. The van der Waals surface area contributed by atoms with Gasteiger partial charge in [0.1, 0.15) is 5.75 Å². The number of benzene rings is 1. The molecule has 0 atom stereocenters. The van der Waals surface area contributed by atoms with Crippen molar-refractivity contribution in [2.24, 2.45) is 0 Å². The minimum absolute atomic E-state index is 0.121. The first-order valence-corrected chi connectivity index (χ1v) is 6.64. The quantitative estimate of drug-likeness (QED) is 0.764. The fourth-order valence-corrected chi connectivity index (χ4v) is 2.16. The van der Waals surface area contributed by atoms with Gasteiger partial charge in [-0.05, 0) is 30.7 Å². The van der Waals surface area contributed by atoms with Crippen LogP contribution in [0.1, 0.15) is 36.7 Å². The molecule has 0 fully saturated rings. The average Bonchev–Trinajstić information content (AvgIpc) is 2.24. The van der Waals surface area contributed by atoms with E-state index < -0.39 is 0 Å². The fourth-order valence-electron chi connectivity index (χ4n) is 1.44. The van der Waals surface area contributed by atoms with Gasteiger partial charge in [-0.15, -0.1) is 11.8 Å². The number of thioether (sulfide) groups is 1. The first-order chi connectivity index (χ1) is 7.83. The Morgan fingerprint density at radius 3 is 2.47 bits per heavy atom. The molecule has 1 aromatic carbocycles. The molecule has 0 spiro atoms. The monoisotopic (exact) mass is 252 g/mol. The van der Waals surface area contributed by atoms with Crippen LogP contribution in [0.15, 0.2) is 18.2 Å². The Morgan fingerprint density at radius 1 is 1.35 bits per heavy atom. The molecule has 0 aliphatic carbocycles. The zero-order valence-electron chi connectivity index (χ0n) is 11.2. The fraction of sp³-hybridized carbons (Fsp3) is 0.500. The summed E-state index contributed by atoms with van der Waals surface area (Å²) in [5.74, 6) is 1.50. The van der Waals surface area contributed by atoms with E-state index in [4.69, 9.17) is 4.74 Å². The Balaban J connectivity index is 2.76. The SMILES string of the molecule is COc1ccc(C(=O)CSC(C)(C)C)c(C)c1. The van der Waals surface area contributed by atoms with Crippen LogP contribution < -0.4 is 4.74 Å². The number of aryl methyl sites for hydroxylation is 1. The summed E-state index contributed by atoms with van der Waals surface area (Å²) in [6.45, 7) is 8.29. The largest absolute Gasteiger partial charge is 0.497 e. The van der Waals surface area contributed by atoms with Gasteiger partial charge in [0.15, 0.2) is 5.78 Å². The van der Waals surface area contributed by atoms with E-state index in [2.05, 4.69) is 20.8 Å². The van der Waals surface area contributed by atoms with Crippen LogP contribution in [0.4, 0.5) is 0 Å². The van der Waals surface area contributed by atoms with Gasteiger partial charge in [-0.3, -0.25) is 4.79 Å². The Hall–Kier alpha value is -0.960. The van der Waals surface area contributed by atoms with Crippen LogP contribution in [0.2, 0.25) is 0 Å². The third kappa shape index (κ3) is 4.43. The standard InChI is InChI=1S/C14H20O2S/c1-10-8-11(16-5)6-7-12(10)13(15)9-17-14(2,3)4/h6-8H,9H2,1-5H3. The van der Waals surface area contributed by atoms with Crippen molar-refractivity contribution in [1.82, 2.24) is 0 Å². The highest BCUT2D eigenvalue weighted by molar-refractivity contribution is 8.01. The van der Waals surface area contributed by atoms with Crippen molar-refractivity contribution in [3.05, 3.63) is 29.3 Å². The van der Waals surface area contributed by atoms with E-state index in [1.807, 2.05) is 25.1 Å². The molecule has 2 nitrogen and oxygen atoms in total. The Labute approximate surface area is 108 Å².